The summed E-state index contributed by atoms with van der Waals surface area (Å²) in [5.74, 6) is 0.440. The van der Waals surface area contributed by atoms with E-state index in [0.717, 1.165) is 11.2 Å². The first-order valence-electron chi connectivity index (χ1n) is 9.37. The molecule has 2 aromatic rings. The van der Waals surface area contributed by atoms with Gasteiger partial charge in [0.2, 0.25) is 10.0 Å². The molecule has 8 heteroatoms. The molecular weight excluding hydrogens is 380 g/mol. The summed E-state index contributed by atoms with van der Waals surface area (Å²) in [6.07, 6.45) is 4.94. The molecule has 1 aliphatic rings. The van der Waals surface area contributed by atoms with E-state index in [0.29, 0.717) is 43.7 Å². The number of aromatic nitrogens is 2. The molecule has 0 N–H and O–H groups in total. The lowest BCUT2D eigenvalue weighted by Gasteiger charge is -2.34. The van der Waals surface area contributed by atoms with E-state index in [1.54, 1.807) is 16.4 Å². The van der Waals surface area contributed by atoms with Gasteiger partial charge in [0.15, 0.2) is 4.77 Å². The lowest BCUT2D eigenvalue weighted by atomic mass is 9.99. The highest BCUT2D eigenvalue weighted by Gasteiger charge is 2.28. The van der Waals surface area contributed by atoms with E-state index in [1.165, 1.54) is 5.56 Å². The fourth-order valence-corrected chi connectivity index (χ4v) is 4.90. The first-order valence-corrected chi connectivity index (χ1v) is 11.2. The Morgan fingerprint density at radius 3 is 2.22 bits per heavy atom. The maximum atomic E-state index is 12.9. The predicted molar refractivity (Wildman–Crippen MR) is 110 cm³/mol. The second-order valence-corrected chi connectivity index (χ2v) is 9.51. The molecule has 1 atom stereocenters. The number of aryl methyl sites for hydroxylation is 1. The first-order chi connectivity index (χ1) is 12.8. The van der Waals surface area contributed by atoms with Gasteiger partial charge in [0.25, 0.3) is 0 Å². The summed E-state index contributed by atoms with van der Waals surface area (Å²) < 4.78 is 32.2. The molecule has 1 saturated heterocycles. The van der Waals surface area contributed by atoms with Crippen LogP contribution in [0.25, 0.3) is 0 Å². The van der Waals surface area contributed by atoms with Crippen molar-refractivity contribution in [3.8, 4) is 0 Å². The Balaban J connectivity index is 1.64. The van der Waals surface area contributed by atoms with Crippen LogP contribution in [0.15, 0.2) is 41.6 Å². The van der Waals surface area contributed by atoms with E-state index in [1.807, 2.05) is 40.7 Å². The minimum atomic E-state index is -3.44. The smallest absolute Gasteiger partial charge is 0.243 e. The van der Waals surface area contributed by atoms with Crippen LogP contribution in [0.2, 0.25) is 0 Å². The average Bonchev–Trinajstić information content (AvgIpc) is 3.00. The molecule has 148 valence electrons. The highest BCUT2D eigenvalue weighted by atomic mass is 32.2. The molecule has 0 aliphatic carbocycles. The van der Waals surface area contributed by atoms with Crippen molar-refractivity contribution in [2.75, 3.05) is 26.2 Å². The maximum Gasteiger partial charge on any atom is 0.243 e. The molecule has 1 aromatic carbocycles. The largest absolute Gasteiger partial charge is 0.327 e. The fraction of sp³-hybridized carbons (Fsp3) is 0.526. The summed E-state index contributed by atoms with van der Waals surface area (Å²) in [7, 11) is -1.51. The van der Waals surface area contributed by atoms with Crippen molar-refractivity contribution in [2.24, 2.45) is 7.05 Å². The zero-order valence-electron chi connectivity index (χ0n) is 16.2. The topological polar surface area (TPSA) is 50.5 Å². The number of piperazine rings is 1. The van der Waals surface area contributed by atoms with E-state index >= 15 is 0 Å². The normalized spacial score (nSPS) is 17.9. The Hall–Kier alpha value is -1.48. The highest BCUT2D eigenvalue weighted by Crippen LogP contribution is 2.23. The Labute approximate surface area is 167 Å². The third kappa shape index (κ3) is 4.34. The molecule has 3 rings (SSSR count). The van der Waals surface area contributed by atoms with Crippen molar-refractivity contribution in [1.29, 1.82) is 0 Å². The number of sulfonamides is 1. The molecule has 0 amide bonds. The predicted octanol–water partition coefficient (Wildman–Crippen LogP) is 3.03. The first kappa shape index (κ1) is 20.3. The van der Waals surface area contributed by atoms with Crippen molar-refractivity contribution in [1.82, 2.24) is 18.3 Å². The highest BCUT2D eigenvalue weighted by molar-refractivity contribution is 7.89. The van der Waals surface area contributed by atoms with Crippen LogP contribution in [0.3, 0.4) is 0 Å². The molecule has 27 heavy (non-hydrogen) atoms. The lowest BCUT2D eigenvalue weighted by Crippen LogP contribution is -2.48. The fourth-order valence-electron chi connectivity index (χ4n) is 3.30. The summed E-state index contributed by atoms with van der Waals surface area (Å²) in [5.41, 5.74) is 1.18. The number of imidazole rings is 1. The van der Waals surface area contributed by atoms with Gasteiger partial charge in [0, 0.05) is 45.6 Å². The zero-order chi connectivity index (χ0) is 19.6. The van der Waals surface area contributed by atoms with Crippen molar-refractivity contribution in [2.45, 2.75) is 37.8 Å². The SMILES string of the molecule is CC[C@H](C)c1ccc(S(=O)(=O)N2CCN(Cn3ccn(C)c3=S)CC2)cc1. The summed E-state index contributed by atoms with van der Waals surface area (Å²) >= 11 is 5.37. The molecule has 0 radical (unpaired) electrons. The molecule has 6 nitrogen and oxygen atoms in total. The number of benzene rings is 1. The van der Waals surface area contributed by atoms with Gasteiger partial charge in [-0.25, -0.2) is 8.42 Å². The Morgan fingerprint density at radius 2 is 1.70 bits per heavy atom. The summed E-state index contributed by atoms with van der Waals surface area (Å²) in [6, 6.07) is 7.36. The monoisotopic (exact) mass is 408 g/mol. The number of hydrogen-bond acceptors (Lipinski definition) is 4. The molecule has 0 unspecified atom stereocenters. The number of nitrogens with zero attached hydrogens (tertiary/aromatic N) is 4. The van der Waals surface area contributed by atoms with Crippen LogP contribution in [-0.4, -0.2) is 52.9 Å². The van der Waals surface area contributed by atoms with E-state index in [9.17, 15) is 8.42 Å². The van der Waals surface area contributed by atoms with Gasteiger partial charge in [-0.15, -0.1) is 0 Å². The Kier molecular flexibility index (Phi) is 6.20. The van der Waals surface area contributed by atoms with Gasteiger partial charge < -0.3 is 9.13 Å². The van der Waals surface area contributed by atoms with Crippen LogP contribution in [-0.2, 0) is 23.7 Å². The van der Waals surface area contributed by atoms with Crippen LogP contribution in [0.5, 0.6) is 0 Å². The quantitative estimate of drug-likeness (QED) is 0.690. The average molecular weight is 409 g/mol. The van der Waals surface area contributed by atoms with Crippen LogP contribution in [0.4, 0.5) is 0 Å². The van der Waals surface area contributed by atoms with Crippen LogP contribution < -0.4 is 0 Å². The third-order valence-corrected chi connectivity index (χ3v) is 7.84. The van der Waals surface area contributed by atoms with E-state index in [2.05, 4.69) is 18.7 Å². The van der Waals surface area contributed by atoms with E-state index < -0.39 is 10.0 Å². The minimum Gasteiger partial charge on any atom is -0.327 e. The van der Waals surface area contributed by atoms with Gasteiger partial charge in [-0.1, -0.05) is 26.0 Å². The molecule has 0 bridgehead atoms. The van der Waals surface area contributed by atoms with Gasteiger partial charge in [-0.3, -0.25) is 4.90 Å². The van der Waals surface area contributed by atoms with E-state index in [4.69, 9.17) is 12.2 Å². The molecule has 0 saturated carbocycles. The number of rotatable bonds is 6. The Morgan fingerprint density at radius 1 is 1.07 bits per heavy atom. The lowest BCUT2D eigenvalue weighted by molar-refractivity contribution is 0.151. The van der Waals surface area contributed by atoms with Gasteiger partial charge in [0.05, 0.1) is 11.6 Å². The van der Waals surface area contributed by atoms with Crippen LogP contribution in [0, 0.1) is 4.77 Å². The van der Waals surface area contributed by atoms with Crippen molar-refractivity contribution >= 4 is 22.2 Å². The van der Waals surface area contributed by atoms with Gasteiger partial charge >= 0.3 is 0 Å². The maximum absolute atomic E-state index is 12.9. The van der Waals surface area contributed by atoms with Gasteiger partial charge in [-0.2, -0.15) is 4.31 Å². The minimum absolute atomic E-state index is 0.383. The van der Waals surface area contributed by atoms with Crippen molar-refractivity contribution in [3.63, 3.8) is 0 Å². The third-order valence-electron chi connectivity index (χ3n) is 5.40. The second-order valence-electron chi connectivity index (χ2n) is 7.20. The second kappa shape index (κ2) is 8.26. The van der Waals surface area contributed by atoms with Crippen LogP contribution >= 0.6 is 12.2 Å². The summed E-state index contributed by atoms with van der Waals surface area (Å²) in [6.45, 7) is 7.36. The van der Waals surface area contributed by atoms with Crippen molar-refractivity contribution < 1.29 is 8.42 Å². The molecule has 1 aromatic heterocycles. The number of hydrogen-bond donors (Lipinski definition) is 0. The molecule has 0 spiro atoms. The molecule has 1 fully saturated rings. The van der Waals surface area contributed by atoms with Gasteiger partial charge in [-0.05, 0) is 42.3 Å². The van der Waals surface area contributed by atoms with E-state index in [-0.39, 0.29) is 0 Å². The molecule has 2 heterocycles. The molecule has 1 aliphatic heterocycles. The van der Waals surface area contributed by atoms with Gasteiger partial charge in [0.1, 0.15) is 0 Å². The summed E-state index contributed by atoms with van der Waals surface area (Å²) in [4.78, 5) is 2.61. The van der Waals surface area contributed by atoms with Crippen LogP contribution in [0.1, 0.15) is 31.7 Å². The standard InChI is InChI=1S/C19H28N4O2S2/c1-4-16(2)17-5-7-18(8-6-17)27(24,25)23-13-10-21(11-14-23)15-22-12-9-20(3)19(22)26/h5-9,12,16H,4,10-11,13-15H2,1-3H3/t16-/m0/s1. The van der Waals surface area contributed by atoms with Crippen molar-refractivity contribution in [3.05, 3.63) is 47.0 Å². The zero-order valence-corrected chi connectivity index (χ0v) is 17.8. The Bertz CT molecular complexity index is 923. The molecular formula is C19H28N4O2S2. The summed E-state index contributed by atoms with van der Waals surface area (Å²) in [5, 5.41) is 0.